The van der Waals surface area contributed by atoms with Crippen LogP contribution in [0.2, 0.25) is 0 Å². The molecule has 4 nitrogen and oxygen atoms in total. The van der Waals surface area contributed by atoms with Crippen molar-refractivity contribution in [1.29, 1.82) is 0 Å². The predicted molar refractivity (Wildman–Crippen MR) is 70.4 cm³/mol. The highest BCUT2D eigenvalue weighted by Crippen LogP contribution is 2.24. The van der Waals surface area contributed by atoms with Crippen molar-refractivity contribution in [3.05, 3.63) is 23.7 Å². The second kappa shape index (κ2) is 6.05. The Morgan fingerprint density at radius 3 is 2.72 bits per heavy atom. The van der Waals surface area contributed by atoms with E-state index in [1.807, 2.05) is 0 Å². The summed E-state index contributed by atoms with van der Waals surface area (Å²) >= 11 is 0. The normalized spacial score (nSPS) is 13.4. The number of methoxy groups -OCH3 is 1. The summed E-state index contributed by atoms with van der Waals surface area (Å²) in [5.74, 6) is 0.942. The van der Waals surface area contributed by atoms with Crippen LogP contribution in [0.1, 0.15) is 43.8 Å². The second-order valence-corrected chi connectivity index (χ2v) is 5.69. The molecule has 0 amide bonds. The molecule has 0 spiro atoms. The molecule has 0 aliphatic heterocycles. The molecule has 1 aromatic rings. The number of carbonyl (C=O) groups is 1. The number of ether oxygens (including phenoxy) is 1. The number of hydrogen-bond donors (Lipinski definition) is 1. The average molecular weight is 253 g/mol. The van der Waals surface area contributed by atoms with E-state index in [1.165, 1.54) is 13.4 Å². The van der Waals surface area contributed by atoms with Crippen LogP contribution in [-0.2, 0) is 11.3 Å². The second-order valence-electron chi connectivity index (χ2n) is 5.69. The quantitative estimate of drug-likeness (QED) is 0.820. The molecule has 0 saturated carbocycles. The Hall–Kier alpha value is -1.29. The first-order chi connectivity index (χ1) is 8.34. The summed E-state index contributed by atoms with van der Waals surface area (Å²) in [4.78, 5) is 11.2. The Morgan fingerprint density at radius 1 is 1.50 bits per heavy atom. The molecule has 4 heteroatoms. The number of hydrogen-bond acceptors (Lipinski definition) is 4. The van der Waals surface area contributed by atoms with Crippen LogP contribution < -0.4 is 5.32 Å². The number of carbonyl (C=O) groups excluding carboxylic acids is 1. The van der Waals surface area contributed by atoms with E-state index in [0.717, 1.165) is 12.3 Å². The monoisotopic (exact) mass is 253 g/mol. The van der Waals surface area contributed by atoms with Crippen LogP contribution in [0.3, 0.4) is 0 Å². The van der Waals surface area contributed by atoms with E-state index >= 15 is 0 Å². The smallest absolute Gasteiger partial charge is 0.341 e. The van der Waals surface area contributed by atoms with Gasteiger partial charge >= 0.3 is 5.97 Å². The first-order valence-electron chi connectivity index (χ1n) is 6.21. The molecule has 1 rings (SSSR count). The lowest BCUT2D eigenvalue weighted by molar-refractivity contribution is 0.0600. The Balaban J connectivity index is 2.41. The number of rotatable bonds is 5. The summed E-state index contributed by atoms with van der Waals surface area (Å²) < 4.78 is 9.91. The van der Waals surface area contributed by atoms with Crippen LogP contribution in [0.5, 0.6) is 0 Å². The van der Waals surface area contributed by atoms with Crippen molar-refractivity contribution >= 4 is 5.97 Å². The maximum absolute atomic E-state index is 11.2. The van der Waals surface area contributed by atoms with E-state index in [-0.39, 0.29) is 11.4 Å². The van der Waals surface area contributed by atoms with Crippen molar-refractivity contribution in [1.82, 2.24) is 5.32 Å². The summed E-state index contributed by atoms with van der Waals surface area (Å²) in [5.41, 5.74) is 0.742. The Labute approximate surface area is 109 Å². The number of furan rings is 1. The molecule has 0 bridgehead atoms. The molecular weight excluding hydrogens is 230 g/mol. The lowest BCUT2D eigenvalue weighted by Gasteiger charge is -2.27. The van der Waals surface area contributed by atoms with Crippen LogP contribution in [0, 0.1) is 11.3 Å². The third-order valence-corrected chi connectivity index (χ3v) is 3.30. The molecule has 0 radical (unpaired) electrons. The first-order valence-corrected chi connectivity index (χ1v) is 6.21. The molecule has 18 heavy (non-hydrogen) atoms. The van der Waals surface area contributed by atoms with Crippen LogP contribution >= 0.6 is 0 Å². The summed E-state index contributed by atoms with van der Waals surface area (Å²) in [6.45, 7) is 10.4. The highest BCUT2D eigenvalue weighted by atomic mass is 16.5. The van der Waals surface area contributed by atoms with E-state index < -0.39 is 0 Å². The molecule has 1 aromatic heterocycles. The van der Waals surface area contributed by atoms with Gasteiger partial charge in [0.25, 0.3) is 0 Å². The summed E-state index contributed by atoms with van der Waals surface area (Å²) in [6, 6.07) is 1.71. The summed E-state index contributed by atoms with van der Waals surface area (Å²) in [5, 5.41) is 3.33. The lowest BCUT2D eigenvalue weighted by Crippen LogP contribution is -2.29. The molecule has 1 unspecified atom stereocenters. The van der Waals surface area contributed by atoms with Crippen LogP contribution in [0.25, 0.3) is 0 Å². The fourth-order valence-electron chi connectivity index (χ4n) is 1.42. The fraction of sp³-hybridized carbons (Fsp3) is 0.643. The van der Waals surface area contributed by atoms with Gasteiger partial charge in [0, 0.05) is 0 Å². The minimum absolute atomic E-state index is 0.285. The molecule has 0 aromatic carbocycles. The molecule has 0 aliphatic carbocycles. The zero-order valence-electron chi connectivity index (χ0n) is 11.9. The van der Waals surface area contributed by atoms with E-state index in [4.69, 9.17) is 4.42 Å². The zero-order chi connectivity index (χ0) is 13.8. The molecule has 102 valence electrons. The first kappa shape index (κ1) is 14.8. The molecular formula is C14H23NO3. The van der Waals surface area contributed by atoms with Gasteiger partial charge in [-0.3, -0.25) is 0 Å². The van der Waals surface area contributed by atoms with Gasteiger partial charge in [0.15, 0.2) is 0 Å². The number of nitrogens with one attached hydrogen (secondary N) is 1. The van der Waals surface area contributed by atoms with E-state index in [9.17, 15) is 4.79 Å². The Morgan fingerprint density at radius 2 is 2.17 bits per heavy atom. The largest absolute Gasteiger partial charge is 0.467 e. The van der Waals surface area contributed by atoms with Gasteiger partial charge in [-0.2, -0.15) is 0 Å². The zero-order valence-corrected chi connectivity index (χ0v) is 11.9. The third-order valence-electron chi connectivity index (χ3n) is 3.30. The van der Waals surface area contributed by atoms with E-state index in [2.05, 4.69) is 37.7 Å². The highest BCUT2D eigenvalue weighted by molar-refractivity contribution is 5.88. The fourth-order valence-corrected chi connectivity index (χ4v) is 1.42. The lowest BCUT2D eigenvalue weighted by atomic mass is 9.82. The van der Waals surface area contributed by atoms with E-state index in [0.29, 0.717) is 18.0 Å². The third kappa shape index (κ3) is 4.18. The van der Waals surface area contributed by atoms with Gasteiger partial charge in [0.2, 0.25) is 0 Å². The summed E-state index contributed by atoms with van der Waals surface area (Å²) in [6.07, 6.45) is 1.43. The van der Waals surface area contributed by atoms with Crippen molar-refractivity contribution in [3.8, 4) is 0 Å². The molecule has 0 fully saturated rings. The standard InChI is InChI=1S/C14H23NO3/c1-10(14(2,3)4)7-15-8-12-6-11(9-18-12)13(16)17-5/h6,9-10,15H,7-8H2,1-5H3. The van der Waals surface area contributed by atoms with Crippen molar-refractivity contribution in [3.63, 3.8) is 0 Å². The minimum atomic E-state index is -0.368. The minimum Gasteiger partial charge on any atom is -0.467 e. The number of esters is 1. The van der Waals surface area contributed by atoms with Gasteiger partial charge in [0.1, 0.15) is 12.0 Å². The van der Waals surface area contributed by atoms with Crippen molar-refractivity contribution in [2.24, 2.45) is 11.3 Å². The van der Waals surface area contributed by atoms with Gasteiger partial charge in [-0.05, 0) is 23.9 Å². The Kier molecular flexibility index (Phi) is 4.96. The molecule has 1 heterocycles. The van der Waals surface area contributed by atoms with Crippen molar-refractivity contribution in [2.45, 2.75) is 34.2 Å². The molecule has 0 aliphatic rings. The Bertz CT molecular complexity index is 390. The van der Waals surface area contributed by atoms with Crippen LogP contribution in [0.15, 0.2) is 16.7 Å². The van der Waals surface area contributed by atoms with Gasteiger partial charge in [-0.1, -0.05) is 27.7 Å². The van der Waals surface area contributed by atoms with Crippen LogP contribution in [-0.4, -0.2) is 19.6 Å². The molecule has 1 N–H and O–H groups in total. The highest BCUT2D eigenvalue weighted by Gasteiger charge is 2.19. The molecule has 0 saturated heterocycles. The van der Waals surface area contributed by atoms with Gasteiger partial charge in [-0.25, -0.2) is 4.79 Å². The van der Waals surface area contributed by atoms with E-state index in [1.54, 1.807) is 6.07 Å². The van der Waals surface area contributed by atoms with Crippen molar-refractivity contribution in [2.75, 3.05) is 13.7 Å². The maximum Gasteiger partial charge on any atom is 0.341 e. The topological polar surface area (TPSA) is 51.5 Å². The average Bonchev–Trinajstić information content (AvgIpc) is 2.75. The van der Waals surface area contributed by atoms with Gasteiger partial charge in [-0.15, -0.1) is 0 Å². The SMILES string of the molecule is COC(=O)c1coc(CNCC(C)C(C)(C)C)c1. The van der Waals surface area contributed by atoms with Crippen molar-refractivity contribution < 1.29 is 13.9 Å². The van der Waals surface area contributed by atoms with Crippen LogP contribution in [0.4, 0.5) is 0 Å². The van der Waals surface area contributed by atoms with Gasteiger partial charge in [0.05, 0.1) is 19.2 Å². The van der Waals surface area contributed by atoms with Gasteiger partial charge < -0.3 is 14.5 Å². The maximum atomic E-state index is 11.2. The molecule has 1 atom stereocenters. The summed E-state index contributed by atoms with van der Waals surface area (Å²) in [7, 11) is 1.36. The predicted octanol–water partition coefficient (Wildman–Crippen LogP) is 2.84.